The van der Waals surface area contributed by atoms with Gasteiger partial charge in [-0.2, -0.15) is 5.10 Å². The van der Waals surface area contributed by atoms with Crippen LogP contribution >= 0.6 is 0 Å². The number of likely N-dealkylation sites (tertiary alicyclic amines) is 1. The topological polar surface area (TPSA) is 112 Å². The van der Waals surface area contributed by atoms with Gasteiger partial charge in [-0.1, -0.05) is 6.07 Å². The number of nitrogens with zero attached hydrogens (tertiary/aromatic N) is 4. The maximum absolute atomic E-state index is 12.3. The molecular formula is C26H34N6O2. The Labute approximate surface area is 200 Å². The van der Waals surface area contributed by atoms with Crippen molar-refractivity contribution < 1.29 is 9.53 Å². The third-order valence-electron chi connectivity index (χ3n) is 6.12. The number of aryl methyl sites for hydroxylation is 2. The average Bonchev–Trinajstić information content (AvgIpc) is 3.15. The van der Waals surface area contributed by atoms with E-state index < -0.39 is 5.60 Å². The molecule has 34 heavy (non-hydrogen) atoms. The van der Waals surface area contributed by atoms with Gasteiger partial charge in [0.1, 0.15) is 11.4 Å². The number of amidine groups is 1. The summed E-state index contributed by atoms with van der Waals surface area (Å²) in [6.45, 7) is 9.01. The molecule has 0 aliphatic carbocycles. The molecule has 0 saturated carbocycles. The number of ether oxygens (including phenoxy) is 1. The first-order valence-electron chi connectivity index (χ1n) is 11.7. The molecule has 3 aromatic rings. The molecular weight excluding hydrogens is 428 g/mol. The highest BCUT2D eigenvalue weighted by atomic mass is 16.6. The largest absolute Gasteiger partial charge is 0.444 e. The smallest absolute Gasteiger partial charge is 0.410 e. The molecule has 1 fully saturated rings. The Morgan fingerprint density at radius 3 is 2.53 bits per heavy atom. The fourth-order valence-corrected chi connectivity index (χ4v) is 4.42. The number of fused-ring (bicyclic) bond motifs is 1. The van der Waals surface area contributed by atoms with Crippen molar-refractivity contribution in [2.24, 2.45) is 17.8 Å². The van der Waals surface area contributed by atoms with E-state index in [-0.39, 0.29) is 6.09 Å². The summed E-state index contributed by atoms with van der Waals surface area (Å²) in [5.74, 6) is 0.756. The molecule has 0 unspecified atom stereocenters. The maximum atomic E-state index is 12.3. The molecule has 0 spiro atoms. The molecule has 0 radical (unpaired) electrons. The van der Waals surface area contributed by atoms with E-state index in [1.165, 1.54) is 0 Å². The number of carbonyl (C=O) groups is 1. The number of hydrogen-bond acceptors (Lipinski definition) is 5. The molecule has 2 aromatic carbocycles. The molecule has 1 aliphatic heterocycles. The van der Waals surface area contributed by atoms with E-state index in [1.807, 2.05) is 65.2 Å². The lowest BCUT2D eigenvalue weighted by Gasteiger charge is -2.33. The Bertz CT molecular complexity index is 1250. The minimum atomic E-state index is -0.483. The zero-order valence-corrected chi connectivity index (χ0v) is 20.6. The van der Waals surface area contributed by atoms with Gasteiger partial charge in [-0.3, -0.25) is 4.68 Å². The van der Waals surface area contributed by atoms with Crippen LogP contribution in [0.15, 0.2) is 41.5 Å². The summed E-state index contributed by atoms with van der Waals surface area (Å²) in [5, 5.41) is 5.51. The van der Waals surface area contributed by atoms with E-state index in [0.717, 1.165) is 40.4 Å². The quantitative estimate of drug-likeness (QED) is 0.335. The van der Waals surface area contributed by atoms with Crippen LogP contribution in [0, 0.1) is 6.92 Å². The molecule has 4 N–H and O–H groups in total. The third kappa shape index (κ3) is 5.16. The molecule has 8 nitrogen and oxygen atoms in total. The Morgan fingerprint density at radius 2 is 1.88 bits per heavy atom. The van der Waals surface area contributed by atoms with E-state index in [9.17, 15) is 4.79 Å². The van der Waals surface area contributed by atoms with Gasteiger partial charge >= 0.3 is 6.09 Å². The van der Waals surface area contributed by atoms with Crippen LogP contribution < -0.4 is 11.5 Å². The summed E-state index contributed by atoms with van der Waals surface area (Å²) >= 11 is 0. The lowest BCUT2D eigenvalue weighted by Crippen LogP contribution is -2.41. The molecule has 180 valence electrons. The molecule has 8 heteroatoms. The second-order valence-electron chi connectivity index (χ2n) is 10.1. The highest BCUT2D eigenvalue weighted by Gasteiger charge is 2.27. The summed E-state index contributed by atoms with van der Waals surface area (Å²) in [4.78, 5) is 18.7. The maximum Gasteiger partial charge on any atom is 0.410 e. The molecule has 1 amide bonds. The van der Waals surface area contributed by atoms with Crippen LogP contribution in [-0.2, 0) is 11.8 Å². The van der Waals surface area contributed by atoms with Crippen LogP contribution in [0.3, 0.4) is 0 Å². The van der Waals surface area contributed by atoms with E-state index in [0.29, 0.717) is 36.2 Å². The number of benzene rings is 2. The van der Waals surface area contributed by atoms with Crippen LogP contribution in [0.1, 0.15) is 56.2 Å². The summed E-state index contributed by atoms with van der Waals surface area (Å²) in [6, 6.07) is 9.96. The first-order chi connectivity index (χ1) is 16.0. The number of nitrogen functional groups attached to an aromatic ring is 1. The number of nitrogens with two attached hydrogens (primary N) is 2. The van der Waals surface area contributed by atoms with Crippen LogP contribution in [0.2, 0.25) is 0 Å². The van der Waals surface area contributed by atoms with Gasteiger partial charge in [-0.15, -0.1) is 0 Å². The summed E-state index contributed by atoms with van der Waals surface area (Å²) in [7, 11) is 1.90. The molecule has 2 heterocycles. The second-order valence-corrected chi connectivity index (χ2v) is 10.1. The van der Waals surface area contributed by atoms with Crippen molar-refractivity contribution in [1.82, 2.24) is 14.7 Å². The van der Waals surface area contributed by atoms with E-state index in [1.54, 1.807) is 9.58 Å². The fraction of sp³-hybridized carbons (Fsp3) is 0.423. The van der Waals surface area contributed by atoms with Crippen LogP contribution in [0.4, 0.5) is 16.2 Å². The molecule has 0 bridgehead atoms. The number of carbonyl (C=O) groups excluding carboxylic acids is 1. The minimum absolute atomic E-state index is 0.245. The summed E-state index contributed by atoms with van der Waals surface area (Å²) < 4.78 is 7.29. The Balaban J connectivity index is 1.46. The van der Waals surface area contributed by atoms with Crippen molar-refractivity contribution in [1.29, 1.82) is 0 Å². The number of rotatable bonds is 3. The standard InChI is InChI=1S/C26H34N6O2/c1-16-12-19(13-20-15-31(5)30-23(16)20)24(28)29-22-7-6-18(14-21(22)27)17-8-10-32(11-9-17)25(33)34-26(2,3)4/h6-7,12-15,17H,8-11,27H2,1-5H3,(H2,28,29). The zero-order chi connectivity index (χ0) is 24.6. The van der Waals surface area contributed by atoms with Gasteiger partial charge in [0.25, 0.3) is 0 Å². The first-order valence-corrected chi connectivity index (χ1v) is 11.7. The van der Waals surface area contributed by atoms with E-state index >= 15 is 0 Å². The third-order valence-corrected chi connectivity index (χ3v) is 6.12. The molecule has 1 saturated heterocycles. The van der Waals surface area contributed by atoms with E-state index in [4.69, 9.17) is 16.2 Å². The fourth-order valence-electron chi connectivity index (χ4n) is 4.42. The van der Waals surface area contributed by atoms with Gasteiger partial charge in [0.05, 0.1) is 16.9 Å². The highest BCUT2D eigenvalue weighted by molar-refractivity contribution is 6.03. The number of aromatic nitrogens is 2. The van der Waals surface area contributed by atoms with Gasteiger partial charge in [-0.05, 0) is 81.8 Å². The Hall–Kier alpha value is -3.55. The Kier molecular flexibility index (Phi) is 6.25. The minimum Gasteiger partial charge on any atom is -0.444 e. The molecule has 1 aromatic heterocycles. The molecule has 4 rings (SSSR count). The predicted octanol–water partition coefficient (Wildman–Crippen LogP) is 4.62. The van der Waals surface area contributed by atoms with Crippen molar-refractivity contribution >= 4 is 34.2 Å². The number of aliphatic imine (C=N–C) groups is 1. The summed E-state index contributed by atoms with van der Waals surface area (Å²) in [6.07, 6.45) is 3.46. The monoisotopic (exact) mass is 462 g/mol. The van der Waals surface area contributed by atoms with Gasteiger partial charge in [0.2, 0.25) is 0 Å². The van der Waals surface area contributed by atoms with Gasteiger partial charge in [0.15, 0.2) is 0 Å². The van der Waals surface area contributed by atoms with Crippen LogP contribution in [-0.4, -0.2) is 45.3 Å². The van der Waals surface area contributed by atoms with Crippen LogP contribution in [0.5, 0.6) is 0 Å². The summed E-state index contributed by atoms with van der Waals surface area (Å²) in [5.41, 5.74) is 17.5. The van der Waals surface area contributed by atoms with Crippen molar-refractivity contribution in [2.75, 3.05) is 18.8 Å². The van der Waals surface area contributed by atoms with E-state index in [2.05, 4.69) is 16.2 Å². The number of piperidine rings is 1. The van der Waals surface area contributed by atoms with Gasteiger partial charge < -0.3 is 21.1 Å². The van der Waals surface area contributed by atoms with Crippen molar-refractivity contribution in [3.05, 3.63) is 53.2 Å². The SMILES string of the molecule is Cc1cc(C(N)=Nc2ccc(C3CCN(C(=O)OC(C)(C)C)CC3)cc2N)cc2cn(C)nc12. The van der Waals surface area contributed by atoms with Crippen molar-refractivity contribution in [3.8, 4) is 0 Å². The first kappa shape index (κ1) is 23.6. The molecule has 1 aliphatic rings. The highest BCUT2D eigenvalue weighted by Crippen LogP contribution is 2.33. The number of amides is 1. The lowest BCUT2D eigenvalue weighted by molar-refractivity contribution is 0.0205. The van der Waals surface area contributed by atoms with Crippen LogP contribution in [0.25, 0.3) is 10.9 Å². The predicted molar refractivity (Wildman–Crippen MR) is 136 cm³/mol. The van der Waals surface area contributed by atoms with Gasteiger partial charge in [-0.25, -0.2) is 9.79 Å². The zero-order valence-electron chi connectivity index (χ0n) is 20.6. The van der Waals surface area contributed by atoms with Crippen molar-refractivity contribution in [3.63, 3.8) is 0 Å². The lowest BCUT2D eigenvalue weighted by atomic mass is 9.89. The Morgan fingerprint density at radius 1 is 1.18 bits per heavy atom. The molecule has 0 atom stereocenters. The van der Waals surface area contributed by atoms with Crippen molar-refractivity contribution in [2.45, 2.75) is 52.1 Å². The number of anilines is 1. The normalized spacial score (nSPS) is 15.7. The second kappa shape index (κ2) is 9.00. The number of hydrogen-bond donors (Lipinski definition) is 2. The van der Waals surface area contributed by atoms with Gasteiger partial charge in [0, 0.05) is 37.3 Å². The average molecular weight is 463 g/mol.